The number of nitrogens with one attached hydrogen (secondary N) is 1. The SMILES string of the molecule is Cc1cc(C(=O)Nc2cccc(OCC#N)c2)cc(Cl)n1. The summed E-state index contributed by atoms with van der Waals surface area (Å²) in [6.45, 7) is 1.72. The van der Waals surface area contributed by atoms with Crippen molar-refractivity contribution < 1.29 is 9.53 Å². The van der Waals surface area contributed by atoms with Gasteiger partial charge < -0.3 is 10.1 Å². The molecule has 1 N–H and O–H groups in total. The van der Waals surface area contributed by atoms with Crippen LogP contribution in [0, 0.1) is 18.3 Å². The third-order valence-electron chi connectivity index (χ3n) is 2.58. The number of carbonyl (C=O) groups is 1. The zero-order valence-corrected chi connectivity index (χ0v) is 12.0. The van der Waals surface area contributed by atoms with E-state index in [9.17, 15) is 4.79 Å². The molecule has 5 nitrogen and oxygen atoms in total. The van der Waals surface area contributed by atoms with Gasteiger partial charge in [-0.2, -0.15) is 5.26 Å². The molecule has 0 unspecified atom stereocenters. The number of carbonyl (C=O) groups excluding carboxylic acids is 1. The van der Waals surface area contributed by atoms with E-state index in [0.29, 0.717) is 22.7 Å². The van der Waals surface area contributed by atoms with E-state index in [1.807, 2.05) is 6.07 Å². The summed E-state index contributed by atoms with van der Waals surface area (Å²) in [6.07, 6.45) is 0. The molecule has 0 atom stereocenters. The monoisotopic (exact) mass is 301 g/mol. The Hall–Kier alpha value is -2.58. The van der Waals surface area contributed by atoms with Crippen LogP contribution in [0.1, 0.15) is 16.1 Å². The lowest BCUT2D eigenvalue weighted by Crippen LogP contribution is -2.12. The Bertz CT molecular complexity index is 690. The molecule has 106 valence electrons. The van der Waals surface area contributed by atoms with Gasteiger partial charge in [0.1, 0.15) is 17.0 Å². The molecular formula is C15H12ClN3O2. The summed E-state index contributed by atoms with van der Waals surface area (Å²) < 4.78 is 5.18. The summed E-state index contributed by atoms with van der Waals surface area (Å²) >= 11 is 5.84. The molecule has 0 aliphatic carbocycles. The van der Waals surface area contributed by atoms with E-state index in [2.05, 4.69) is 10.3 Å². The highest BCUT2D eigenvalue weighted by Crippen LogP contribution is 2.19. The van der Waals surface area contributed by atoms with Crippen LogP contribution < -0.4 is 10.1 Å². The van der Waals surface area contributed by atoms with Crippen LogP contribution >= 0.6 is 11.6 Å². The van der Waals surface area contributed by atoms with Gasteiger partial charge >= 0.3 is 0 Å². The highest BCUT2D eigenvalue weighted by atomic mass is 35.5. The molecule has 1 aromatic carbocycles. The highest BCUT2D eigenvalue weighted by molar-refractivity contribution is 6.29. The first kappa shape index (κ1) is 14.8. The van der Waals surface area contributed by atoms with Crippen molar-refractivity contribution in [2.45, 2.75) is 6.92 Å². The molecule has 6 heteroatoms. The first-order chi connectivity index (χ1) is 10.1. The molecule has 0 fully saturated rings. The molecule has 21 heavy (non-hydrogen) atoms. The topological polar surface area (TPSA) is 75.0 Å². The second-order valence-electron chi connectivity index (χ2n) is 4.25. The molecule has 0 bridgehead atoms. The number of benzene rings is 1. The molecular weight excluding hydrogens is 290 g/mol. The van der Waals surface area contributed by atoms with Crippen molar-refractivity contribution in [3.8, 4) is 11.8 Å². The molecule has 2 aromatic rings. The molecule has 2 rings (SSSR count). The van der Waals surface area contributed by atoms with E-state index >= 15 is 0 Å². The molecule has 1 amide bonds. The zero-order valence-electron chi connectivity index (χ0n) is 11.3. The molecule has 0 saturated heterocycles. The number of aromatic nitrogens is 1. The Morgan fingerprint density at radius 3 is 2.95 bits per heavy atom. The minimum atomic E-state index is -0.292. The number of amides is 1. The van der Waals surface area contributed by atoms with Crippen LogP contribution in [0.25, 0.3) is 0 Å². The second kappa shape index (κ2) is 6.73. The predicted molar refractivity (Wildman–Crippen MR) is 79.5 cm³/mol. The van der Waals surface area contributed by atoms with Gasteiger partial charge in [0.25, 0.3) is 5.91 Å². The van der Waals surface area contributed by atoms with Crippen molar-refractivity contribution in [1.29, 1.82) is 5.26 Å². The van der Waals surface area contributed by atoms with Crippen LogP contribution in [-0.4, -0.2) is 17.5 Å². The minimum absolute atomic E-state index is 0.0451. The standard InChI is InChI=1S/C15H12ClN3O2/c1-10-7-11(8-14(16)18-10)15(20)19-12-3-2-4-13(9-12)21-6-5-17/h2-4,7-9H,6H2,1H3,(H,19,20). The lowest BCUT2D eigenvalue weighted by Gasteiger charge is -2.08. The Labute approximate surface area is 127 Å². The Morgan fingerprint density at radius 2 is 2.24 bits per heavy atom. The maximum Gasteiger partial charge on any atom is 0.255 e. The quantitative estimate of drug-likeness (QED) is 0.880. The largest absolute Gasteiger partial charge is 0.479 e. The Morgan fingerprint density at radius 1 is 1.43 bits per heavy atom. The van der Waals surface area contributed by atoms with Crippen LogP contribution in [0.4, 0.5) is 5.69 Å². The van der Waals surface area contributed by atoms with Crippen molar-refractivity contribution in [1.82, 2.24) is 4.98 Å². The van der Waals surface area contributed by atoms with Gasteiger partial charge in [-0.15, -0.1) is 0 Å². The first-order valence-electron chi connectivity index (χ1n) is 6.14. The molecule has 0 aliphatic heterocycles. The summed E-state index contributed by atoms with van der Waals surface area (Å²) in [6, 6.07) is 11.8. The van der Waals surface area contributed by atoms with Gasteiger partial charge in [0.05, 0.1) is 0 Å². The lowest BCUT2D eigenvalue weighted by atomic mass is 10.2. The average Bonchev–Trinajstić information content (AvgIpc) is 2.44. The number of hydrogen-bond donors (Lipinski definition) is 1. The summed E-state index contributed by atoms with van der Waals surface area (Å²) in [5.41, 5.74) is 1.66. The first-order valence-corrected chi connectivity index (χ1v) is 6.51. The van der Waals surface area contributed by atoms with Crippen LogP contribution in [0.5, 0.6) is 5.75 Å². The lowest BCUT2D eigenvalue weighted by molar-refractivity contribution is 0.102. The molecule has 0 saturated carbocycles. The van der Waals surface area contributed by atoms with E-state index < -0.39 is 0 Å². The van der Waals surface area contributed by atoms with Crippen molar-refractivity contribution >= 4 is 23.2 Å². The molecule has 0 aliphatic rings. The summed E-state index contributed by atoms with van der Waals surface area (Å²) in [7, 11) is 0. The van der Waals surface area contributed by atoms with Crippen LogP contribution in [0.3, 0.4) is 0 Å². The van der Waals surface area contributed by atoms with Gasteiger partial charge in [-0.05, 0) is 31.2 Å². The number of pyridine rings is 1. The third-order valence-corrected chi connectivity index (χ3v) is 2.77. The summed E-state index contributed by atoms with van der Waals surface area (Å²) in [5, 5.41) is 11.5. The molecule has 1 heterocycles. The third kappa shape index (κ3) is 4.20. The number of anilines is 1. The number of hydrogen-bond acceptors (Lipinski definition) is 4. The van der Waals surface area contributed by atoms with E-state index in [1.54, 1.807) is 37.3 Å². The van der Waals surface area contributed by atoms with Gasteiger partial charge in [0.2, 0.25) is 0 Å². The van der Waals surface area contributed by atoms with Gasteiger partial charge in [0.15, 0.2) is 6.61 Å². The molecule has 0 radical (unpaired) electrons. The number of nitrogens with zero attached hydrogens (tertiary/aromatic N) is 2. The Balaban J connectivity index is 2.14. The van der Waals surface area contributed by atoms with E-state index in [1.165, 1.54) is 6.07 Å². The predicted octanol–water partition coefficient (Wildman–Crippen LogP) is 3.20. The van der Waals surface area contributed by atoms with Gasteiger partial charge in [-0.25, -0.2) is 4.98 Å². The maximum atomic E-state index is 12.2. The minimum Gasteiger partial charge on any atom is -0.479 e. The summed E-state index contributed by atoms with van der Waals surface area (Å²) in [4.78, 5) is 16.2. The fraction of sp³-hybridized carbons (Fsp3) is 0.133. The van der Waals surface area contributed by atoms with Gasteiger partial charge in [0, 0.05) is 23.0 Å². The van der Waals surface area contributed by atoms with Crippen molar-refractivity contribution in [2.24, 2.45) is 0 Å². The summed E-state index contributed by atoms with van der Waals surface area (Å²) in [5.74, 6) is 0.220. The van der Waals surface area contributed by atoms with Crippen molar-refractivity contribution in [2.75, 3.05) is 11.9 Å². The highest BCUT2D eigenvalue weighted by Gasteiger charge is 2.09. The van der Waals surface area contributed by atoms with E-state index in [-0.39, 0.29) is 17.7 Å². The van der Waals surface area contributed by atoms with Crippen LogP contribution in [0.2, 0.25) is 5.15 Å². The van der Waals surface area contributed by atoms with Gasteiger partial charge in [-0.3, -0.25) is 4.79 Å². The second-order valence-corrected chi connectivity index (χ2v) is 4.64. The zero-order chi connectivity index (χ0) is 15.2. The fourth-order valence-electron chi connectivity index (χ4n) is 1.74. The normalized spacial score (nSPS) is 9.76. The van der Waals surface area contributed by atoms with Crippen molar-refractivity contribution in [3.05, 3.63) is 52.8 Å². The molecule has 1 aromatic heterocycles. The van der Waals surface area contributed by atoms with E-state index in [4.69, 9.17) is 21.6 Å². The number of aryl methyl sites for hydroxylation is 1. The maximum absolute atomic E-state index is 12.2. The average molecular weight is 302 g/mol. The Kier molecular flexibility index (Phi) is 4.75. The number of rotatable bonds is 4. The number of nitriles is 1. The number of halogens is 1. The van der Waals surface area contributed by atoms with Gasteiger partial charge in [-0.1, -0.05) is 17.7 Å². The number of ether oxygens (including phenoxy) is 1. The van der Waals surface area contributed by atoms with Crippen LogP contribution in [-0.2, 0) is 0 Å². The molecule has 0 spiro atoms. The van der Waals surface area contributed by atoms with E-state index in [0.717, 1.165) is 0 Å². The van der Waals surface area contributed by atoms with Crippen LogP contribution in [0.15, 0.2) is 36.4 Å². The van der Waals surface area contributed by atoms with Crippen molar-refractivity contribution in [3.63, 3.8) is 0 Å². The smallest absolute Gasteiger partial charge is 0.255 e. The fourth-order valence-corrected chi connectivity index (χ4v) is 1.99.